The van der Waals surface area contributed by atoms with Gasteiger partial charge in [0.25, 0.3) is 5.56 Å². The van der Waals surface area contributed by atoms with Crippen molar-refractivity contribution in [1.29, 1.82) is 0 Å². The molecule has 0 spiro atoms. The number of hydrogen-bond donors (Lipinski definition) is 0. The minimum Gasteiger partial charge on any atom is -0.304 e. The summed E-state index contributed by atoms with van der Waals surface area (Å²) in [5.41, 5.74) is 1.76. The quantitative estimate of drug-likeness (QED) is 0.800. The van der Waals surface area contributed by atoms with Gasteiger partial charge in [-0.3, -0.25) is 9.36 Å². The van der Waals surface area contributed by atoms with Crippen LogP contribution < -0.4 is 5.56 Å². The van der Waals surface area contributed by atoms with Gasteiger partial charge in [-0.05, 0) is 26.9 Å². The van der Waals surface area contributed by atoms with E-state index in [1.165, 1.54) is 6.33 Å². The maximum absolute atomic E-state index is 12.3. The van der Waals surface area contributed by atoms with E-state index in [1.807, 2.05) is 0 Å². The minimum atomic E-state index is -0.0513. The highest BCUT2D eigenvalue weighted by molar-refractivity contribution is 5.68. The Hall–Kier alpha value is -1.86. The van der Waals surface area contributed by atoms with Crippen molar-refractivity contribution in [2.24, 2.45) is 0 Å². The predicted molar refractivity (Wildman–Crippen MR) is 84.9 cm³/mol. The lowest BCUT2D eigenvalue weighted by atomic mass is 10.3. The fourth-order valence-corrected chi connectivity index (χ4v) is 2.85. The molecule has 0 radical (unpaired) electrons. The first kappa shape index (κ1) is 15.1. The zero-order chi connectivity index (χ0) is 15.5. The molecule has 0 bridgehead atoms. The van der Waals surface area contributed by atoms with Crippen molar-refractivity contribution in [2.45, 2.75) is 19.9 Å². The van der Waals surface area contributed by atoms with Crippen LogP contribution in [0.3, 0.4) is 0 Å². The molecule has 0 amide bonds. The number of aryl methyl sites for hydroxylation is 2. The molecule has 0 aromatic carbocycles. The van der Waals surface area contributed by atoms with Crippen molar-refractivity contribution in [2.75, 3.05) is 39.8 Å². The fourth-order valence-electron chi connectivity index (χ4n) is 2.85. The standard InChI is InChI=1S/C15H22N6O/c1-12-15(22)21(14-13(18-12)10-16-11-17-14)5-3-4-20-8-6-19(2)7-9-20/h10-11H,3-9H2,1-2H3. The molecule has 1 aliphatic heterocycles. The van der Waals surface area contributed by atoms with E-state index in [-0.39, 0.29) is 5.56 Å². The molecule has 1 fully saturated rings. The van der Waals surface area contributed by atoms with E-state index < -0.39 is 0 Å². The van der Waals surface area contributed by atoms with Crippen LogP contribution in [0.15, 0.2) is 17.3 Å². The van der Waals surface area contributed by atoms with Gasteiger partial charge in [0.15, 0.2) is 5.65 Å². The SMILES string of the molecule is Cc1nc2cncnc2n(CCCN2CCN(C)CC2)c1=O. The van der Waals surface area contributed by atoms with Gasteiger partial charge in [0.1, 0.15) is 17.5 Å². The third kappa shape index (κ3) is 3.15. The van der Waals surface area contributed by atoms with Crippen LogP contribution in [0.5, 0.6) is 0 Å². The number of aromatic nitrogens is 4. The molecule has 3 heterocycles. The Labute approximate surface area is 129 Å². The van der Waals surface area contributed by atoms with Crippen LogP contribution in [0.4, 0.5) is 0 Å². The molecular weight excluding hydrogens is 280 g/mol. The van der Waals surface area contributed by atoms with Crippen LogP contribution in [-0.4, -0.2) is 69.1 Å². The molecule has 0 saturated carbocycles. The second-order valence-electron chi connectivity index (χ2n) is 5.88. The lowest BCUT2D eigenvalue weighted by molar-refractivity contribution is 0.151. The molecule has 0 aliphatic carbocycles. The first-order valence-corrected chi connectivity index (χ1v) is 7.73. The van der Waals surface area contributed by atoms with Gasteiger partial charge in [-0.15, -0.1) is 0 Å². The van der Waals surface area contributed by atoms with Crippen molar-refractivity contribution in [3.8, 4) is 0 Å². The molecule has 2 aromatic rings. The number of rotatable bonds is 4. The minimum absolute atomic E-state index is 0.0513. The zero-order valence-electron chi connectivity index (χ0n) is 13.2. The van der Waals surface area contributed by atoms with Gasteiger partial charge in [0.2, 0.25) is 0 Å². The molecule has 22 heavy (non-hydrogen) atoms. The average Bonchev–Trinajstić information content (AvgIpc) is 2.53. The van der Waals surface area contributed by atoms with E-state index in [2.05, 4.69) is 31.8 Å². The Morgan fingerprint density at radius 3 is 2.73 bits per heavy atom. The van der Waals surface area contributed by atoms with Gasteiger partial charge in [-0.1, -0.05) is 0 Å². The van der Waals surface area contributed by atoms with Gasteiger partial charge in [0.05, 0.1) is 6.20 Å². The largest absolute Gasteiger partial charge is 0.304 e. The molecule has 0 N–H and O–H groups in total. The maximum Gasteiger partial charge on any atom is 0.273 e. The highest BCUT2D eigenvalue weighted by atomic mass is 16.1. The summed E-state index contributed by atoms with van der Waals surface area (Å²) in [6.07, 6.45) is 4.06. The summed E-state index contributed by atoms with van der Waals surface area (Å²) < 4.78 is 1.73. The van der Waals surface area contributed by atoms with Crippen molar-refractivity contribution < 1.29 is 0 Å². The Morgan fingerprint density at radius 1 is 1.18 bits per heavy atom. The van der Waals surface area contributed by atoms with E-state index >= 15 is 0 Å². The maximum atomic E-state index is 12.3. The first-order chi connectivity index (χ1) is 10.6. The van der Waals surface area contributed by atoms with Crippen LogP contribution in [0, 0.1) is 6.92 Å². The number of hydrogen-bond acceptors (Lipinski definition) is 6. The second kappa shape index (κ2) is 6.50. The van der Waals surface area contributed by atoms with Crippen LogP contribution in [0.1, 0.15) is 12.1 Å². The summed E-state index contributed by atoms with van der Waals surface area (Å²) in [7, 11) is 2.16. The zero-order valence-corrected chi connectivity index (χ0v) is 13.2. The Bertz CT molecular complexity index is 705. The topological polar surface area (TPSA) is 67.2 Å². The van der Waals surface area contributed by atoms with E-state index in [4.69, 9.17) is 0 Å². The molecule has 7 heteroatoms. The lowest BCUT2D eigenvalue weighted by Crippen LogP contribution is -2.44. The highest BCUT2D eigenvalue weighted by Crippen LogP contribution is 2.07. The Morgan fingerprint density at radius 2 is 1.95 bits per heavy atom. The monoisotopic (exact) mass is 302 g/mol. The number of likely N-dealkylation sites (N-methyl/N-ethyl adjacent to an activating group) is 1. The van der Waals surface area contributed by atoms with E-state index in [1.54, 1.807) is 17.7 Å². The number of nitrogens with zero attached hydrogens (tertiary/aromatic N) is 6. The summed E-state index contributed by atoms with van der Waals surface area (Å²) in [4.78, 5) is 29.6. The molecule has 7 nitrogen and oxygen atoms in total. The highest BCUT2D eigenvalue weighted by Gasteiger charge is 2.14. The summed E-state index contributed by atoms with van der Waals surface area (Å²) >= 11 is 0. The van der Waals surface area contributed by atoms with Gasteiger partial charge in [-0.2, -0.15) is 0 Å². The predicted octanol–water partition coefficient (Wildman–Crippen LogP) is 0.132. The summed E-state index contributed by atoms with van der Waals surface area (Å²) in [6, 6.07) is 0. The van der Waals surface area contributed by atoms with Crippen LogP contribution in [-0.2, 0) is 6.54 Å². The van der Waals surface area contributed by atoms with Crippen LogP contribution in [0.25, 0.3) is 11.2 Å². The molecule has 0 atom stereocenters. The van der Waals surface area contributed by atoms with Crippen molar-refractivity contribution in [3.63, 3.8) is 0 Å². The van der Waals surface area contributed by atoms with Crippen LogP contribution >= 0.6 is 0 Å². The molecule has 1 aliphatic rings. The molecule has 2 aromatic heterocycles. The van der Waals surface area contributed by atoms with E-state index in [0.717, 1.165) is 39.1 Å². The number of piperazine rings is 1. The normalized spacial score (nSPS) is 17.2. The van der Waals surface area contributed by atoms with Gasteiger partial charge in [0, 0.05) is 32.7 Å². The fraction of sp³-hybridized carbons (Fsp3) is 0.600. The molecule has 118 valence electrons. The van der Waals surface area contributed by atoms with Crippen molar-refractivity contribution in [1.82, 2.24) is 29.3 Å². The number of fused-ring (bicyclic) bond motifs is 1. The smallest absolute Gasteiger partial charge is 0.273 e. The summed E-state index contributed by atoms with van der Waals surface area (Å²) in [5.74, 6) is 0. The van der Waals surface area contributed by atoms with Gasteiger partial charge >= 0.3 is 0 Å². The van der Waals surface area contributed by atoms with Crippen molar-refractivity contribution in [3.05, 3.63) is 28.6 Å². The Kier molecular flexibility index (Phi) is 4.44. The Balaban J connectivity index is 1.71. The first-order valence-electron chi connectivity index (χ1n) is 7.73. The lowest BCUT2D eigenvalue weighted by Gasteiger charge is -2.32. The second-order valence-corrected chi connectivity index (χ2v) is 5.88. The third-order valence-electron chi connectivity index (χ3n) is 4.22. The van der Waals surface area contributed by atoms with Crippen molar-refractivity contribution >= 4 is 11.2 Å². The molecular formula is C15H22N6O. The summed E-state index contributed by atoms with van der Waals surface area (Å²) in [6.45, 7) is 7.85. The summed E-state index contributed by atoms with van der Waals surface area (Å²) in [5, 5.41) is 0. The van der Waals surface area contributed by atoms with E-state index in [9.17, 15) is 4.79 Å². The van der Waals surface area contributed by atoms with E-state index in [0.29, 0.717) is 23.4 Å². The third-order valence-corrected chi connectivity index (χ3v) is 4.22. The molecule has 3 rings (SSSR count). The average molecular weight is 302 g/mol. The van der Waals surface area contributed by atoms with Gasteiger partial charge in [-0.25, -0.2) is 15.0 Å². The molecule has 0 unspecified atom stereocenters. The van der Waals surface area contributed by atoms with Gasteiger partial charge < -0.3 is 9.80 Å². The van der Waals surface area contributed by atoms with Crippen LogP contribution in [0.2, 0.25) is 0 Å². The molecule has 1 saturated heterocycles.